The summed E-state index contributed by atoms with van der Waals surface area (Å²) in [6, 6.07) is 7.66. The number of rotatable bonds is 5. The number of benzene rings is 1. The first-order valence-corrected chi connectivity index (χ1v) is 7.04. The van der Waals surface area contributed by atoms with Gasteiger partial charge < -0.3 is 15.5 Å². The summed E-state index contributed by atoms with van der Waals surface area (Å²) in [4.78, 5) is 0. The molecule has 18 heavy (non-hydrogen) atoms. The van der Waals surface area contributed by atoms with E-state index >= 15 is 0 Å². The van der Waals surface area contributed by atoms with Gasteiger partial charge in [-0.2, -0.15) is 0 Å². The molecule has 0 aliphatic carbocycles. The van der Waals surface area contributed by atoms with Crippen molar-refractivity contribution in [3.63, 3.8) is 0 Å². The summed E-state index contributed by atoms with van der Waals surface area (Å²) >= 11 is 1.67. The predicted octanol–water partition coefficient (Wildman–Crippen LogP) is 2.08. The number of hydrogen-bond donors (Lipinski definition) is 3. The third kappa shape index (κ3) is 2.29. The smallest absolute Gasteiger partial charge is 0.127 e. The van der Waals surface area contributed by atoms with E-state index in [2.05, 4.69) is 5.32 Å². The van der Waals surface area contributed by atoms with Crippen LogP contribution >= 0.6 is 11.3 Å². The van der Waals surface area contributed by atoms with Crippen molar-refractivity contribution in [2.24, 2.45) is 0 Å². The van der Waals surface area contributed by atoms with E-state index in [1.165, 1.54) is 4.70 Å². The molecule has 2 atom stereocenters. The third-order valence-corrected chi connectivity index (χ3v) is 4.32. The fourth-order valence-corrected chi connectivity index (χ4v) is 2.96. The Morgan fingerprint density at radius 1 is 1.39 bits per heavy atom. The number of thiophene rings is 1. The molecule has 3 N–H and O–H groups in total. The van der Waals surface area contributed by atoms with Crippen LogP contribution in [-0.2, 0) is 5.60 Å². The molecular weight excluding hydrogens is 246 g/mol. The Morgan fingerprint density at radius 3 is 2.83 bits per heavy atom. The maximum Gasteiger partial charge on any atom is 0.127 e. The minimum atomic E-state index is -1.24. The van der Waals surface area contributed by atoms with Crippen LogP contribution in [0.3, 0.4) is 0 Å². The van der Waals surface area contributed by atoms with Crippen molar-refractivity contribution in [3.8, 4) is 0 Å². The zero-order valence-corrected chi connectivity index (χ0v) is 11.5. The predicted molar refractivity (Wildman–Crippen MR) is 75.9 cm³/mol. The maximum absolute atomic E-state index is 10.7. The molecule has 4 heteroatoms. The average molecular weight is 265 g/mol. The van der Waals surface area contributed by atoms with E-state index in [-0.39, 0.29) is 12.6 Å². The highest BCUT2D eigenvalue weighted by atomic mass is 32.1. The quantitative estimate of drug-likeness (QED) is 0.776. The van der Waals surface area contributed by atoms with E-state index in [9.17, 15) is 10.2 Å². The van der Waals surface area contributed by atoms with Gasteiger partial charge in [-0.05, 0) is 48.0 Å². The fraction of sp³-hybridized carbons (Fsp3) is 0.429. The first-order chi connectivity index (χ1) is 8.61. The Labute approximate surface area is 111 Å². The minimum absolute atomic E-state index is 0.205. The summed E-state index contributed by atoms with van der Waals surface area (Å²) in [5, 5.41) is 26.6. The summed E-state index contributed by atoms with van der Waals surface area (Å²) < 4.78 is 1.19. The number of aliphatic hydroxyl groups is 2. The topological polar surface area (TPSA) is 52.5 Å². The summed E-state index contributed by atoms with van der Waals surface area (Å²) in [5.41, 5.74) is -0.490. The lowest BCUT2D eigenvalue weighted by atomic mass is 9.87. The Kier molecular flexibility index (Phi) is 4.02. The lowest BCUT2D eigenvalue weighted by Gasteiger charge is -2.33. The highest BCUT2D eigenvalue weighted by Crippen LogP contribution is 2.29. The van der Waals surface area contributed by atoms with Crippen molar-refractivity contribution in [2.75, 3.05) is 13.2 Å². The molecule has 0 bridgehead atoms. The zero-order valence-electron chi connectivity index (χ0n) is 10.7. The molecule has 2 unspecified atom stereocenters. The van der Waals surface area contributed by atoms with Gasteiger partial charge in [-0.1, -0.05) is 13.0 Å². The van der Waals surface area contributed by atoms with Crippen molar-refractivity contribution in [1.82, 2.24) is 5.32 Å². The second kappa shape index (κ2) is 5.36. The lowest BCUT2D eigenvalue weighted by Crippen LogP contribution is -2.49. The van der Waals surface area contributed by atoms with Gasteiger partial charge in [0.15, 0.2) is 0 Å². The normalized spacial score (nSPS) is 16.7. The maximum atomic E-state index is 10.7. The van der Waals surface area contributed by atoms with E-state index in [0.29, 0.717) is 0 Å². The summed E-state index contributed by atoms with van der Waals surface area (Å²) in [6.07, 6.45) is 0. The van der Waals surface area contributed by atoms with E-state index in [1.807, 2.05) is 43.5 Å². The zero-order chi connectivity index (χ0) is 13.2. The molecule has 0 saturated heterocycles. The van der Waals surface area contributed by atoms with Gasteiger partial charge in [-0.15, -0.1) is 11.3 Å². The van der Waals surface area contributed by atoms with Gasteiger partial charge >= 0.3 is 0 Å². The molecule has 0 aliphatic rings. The molecule has 1 aromatic heterocycles. The van der Waals surface area contributed by atoms with Gasteiger partial charge in [-0.3, -0.25) is 0 Å². The van der Waals surface area contributed by atoms with Crippen LogP contribution in [0.25, 0.3) is 10.1 Å². The lowest BCUT2D eigenvalue weighted by molar-refractivity contribution is -0.0449. The standard InChI is InChI=1S/C14H19NO2S/c1-3-15-10(2)14(17,9-16)12-4-5-13-11(8-12)6-7-18-13/h4-8,10,15-17H,3,9H2,1-2H3. The Balaban J connectivity index is 2.41. The van der Waals surface area contributed by atoms with Gasteiger partial charge in [0, 0.05) is 10.7 Å². The highest BCUT2D eigenvalue weighted by molar-refractivity contribution is 7.17. The summed E-state index contributed by atoms with van der Waals surface area (Å²) in [6.45, 7) is 4.33. The van der Waals surface area contributed by atoms with Crippen molar-refractivity contribution < 1.29 is 10.2 Å². The molecule has 0 radical (unpaired) electrons. The van der Waals surface area contributed by atoms with Crippen molar-refractivity contribution in [1.29, 1.82) is 0 Å². The largest absolute Gasteiger partial charge is 0.393 e. The van der Waals surface area contributed by atoms with Crippen LogP contribution < -0.4 is 5.32 Å². The average Bonchev–Trinajstić information content (AvgIpc) is 2.85. The van der Waals surface area contributed by atoms with Crippen molar-refractivity contribution in [2.45, 2.75) is 25.5 Å². The van der Waals surface area contributed by atoms with Crippen LogP contribution in [0, 0.1) is 0 Å². The van der Waals surface area contributed by atoms with Crippen LogP contribution in [0.1, 0.15) is 19.4 Å². The molecule has 1 heterocycles. The second-order valence-electron chi connectivity index (χ2n) is 4.53. The molecule has 0 amide bonds. The monoisotopic (exact) mass is 265 g/mol. The number of nitrogens with one attached hydrogen (secondary N) is 1. The van der Waals surface area contributed by atoms with E-state index < -0.39 is 5.60 Å². The Hall–Kier alpha value is -0.940. The summed E-state index contributed by atoms with van der Waals surface area (Å²) in [5.74, 6) is 0. The molecule has 0 fully saturated rings. The molecule has 1 aromatic carbocycles. The van der Waals surface area contributed by atoms with E-state index in [1.54, 1.807) is 11.3 Å². The fourth-order valence-electron chi connectivity index (χ4n) is 2.19. The van der Waals surface area contributed by atoms with Gasteiger partial charge in [0.1, 0.15) is 5.60 Å². The van der Waals surface area contributed by atoms with Crippen LogP contribution in [0.5, 0.6) is 0 Å². The van der Waals surface area contributed by atoms with Gasteiger partial charge in [0.05, 0.1) is 6.61 Å². The molecule has 98 valence electrons. The number of hydrogen-bond acceptors (Lipinski definition) is 4. The van der Waals surface area contributed by atoms with Crippen molar-refractivity contribution >= 4 is 21.4 Å². The molecule has 2 aromatic rings. The van der Waals surface area contributed by atoms with E-state index in [4.69, 9.17) is 0 Å². The SMILES string of the molecule is CCNC(C)C(O)(CO)c1ccc2sccc2c1. The number of aliphatic hydroxyl groups excluding tert-OH is 1. The Bertz CT molecular complexity index is 525. The molecule has 3 nitrogen and oxygen atoms in total. The molecule has 2 rings (SSSR count). The van der Waals surface area contributed by atoms with Gasteiger partial charge in [-0.25, -0.2) is 0 Å². The minimum Gasteiger partial charge on any atom is -0.393 e. The van der Waals surface area contributed by atoms with Crippen LogP contribution in [0.2, 0.25) is 0 Å². The van der Waals surface area contributed by atoms with Crippen LogP contribution in [0.4, 0.5) is 0 Å². The summed E-state index contributed by atoms with van der Waals surface area (Å²) in [7, 11) is 0. The second-order valence-corrected chi connectivity index (χ2v) is 5.48. The van der Waals surface area contributed by atoms with Gasteiger partial charge in [0.2, 0.25) is 0 Å². The van der Waals surface area contributed by atoms with E-state index in [0.717, 1.165) is 17.5 Å². The molecule has 0 saturated carbocycles. The van der Waals surface area contributed by atoms with Crippen molar-refractivity contribution in [3.05, 3.63) is 35.2 Å². The molecular formula is C14H19NO2S. The Morgan fingerprint density at radius 2 is 2.17 bits per heavy atom. The van der Waals surface area contributed by atoms with Crippen LogP contribution in [-0.4, -0.2) is 29.4 Å². The number of likely N-dealkylation sites (N-methyl/N-ethyl adjacent to an activating group) is 1. The molecule has 0 spiro atoms. The first kappa shape index (κ1) is 13.5. The van der Waals surface area contributed by atoms with Crippen LogP contribution in [0.15, 0.2) is 29.6 Å². The highest BCUT2D eigenvalue weighted by Gasteiger charge is 2.34. The number of fused-ring (bicyclic) bond motifs is 1. The first-order valence-electron chi connectivity index (χ1n) is 6.16. The van der Waals surface area contributed by atoms with Gasteiger partial charge in [0.25, 0.3) is 0 Å². The molecule has 0 aliphatic heterocycles. The third-order valence-electron chi connectivity index (χ3n) is 3.42.